The average Bonchev–Trinajstić information content (AvgIpc) is 2.67. The molecule has 2 aliphatic rings. The molecule has 1 aliphatic heterocycles. The van der Waals surface area contributed by atoms with E-state index in [1.165, 1.54) is 12.8 Å². The molecule has 0 unspecified atom stereocenters. The van der Waals surface area contributed by atoms with Crippen LogP contribution in [0, 0.1) is 11.8 Å². The van der Waals surface area contributed by atoms with Crippen molar-refractivity contribution in [2.75, 3.05) is 0 Å². The number of aliphatic imine (C=N–C) groups is 1. The Bertz CT molecular complexity index is 652. The highest BCUT2D eigenvalue weighted by Gasteiger charge is 2.33. The van der Waals surface area contributed by atoms with Gasteiger partial charge in [0, 0.05) is 5.56 Å². The minimum atomic E-state index is -3.42. The Morgan fingerprint density at radius 3 is 2.75 bits per heavy atom. The lowest BCUT2D eigenvalue weighted by molar-refractivity contribution is 0.241. The van der Waals surface area contributed by atoms with Crippen molar-refractivity contribution in [3.8, 4) is 0 Å². The van der Waals surface area contributed by atoms with Crippen LogP contribution >= 0.6 is 0 Å². The molecule has 1 fully saturated rings. The number of rotatable bonds is 1. The van der Waals surface area contributed by atoms with Crippen LogP contribution in [0.4, 0.5) is 0 Å². The molecule has 5 heteroatoms. The quantitative estimate of drug-likeness (QED) is 0.864. The van der Waals surface area contributed by atoms with E-state index in [4.69, 9.17) is 4.99 Å². The lowest BCUT2D eigenvalue weighted by Gasteiger charge is -2.31. The smallest absolute Gasteiger partial charge is 0.263 e. The van der Waals surface area contributed by atoms with Crippen LogP contribution < -0.4 is 4.72 Å². The predicted octanol–water partition coefficient (Wildman–Crippen LogP) is 2.55. The van der Waals surface area contributed by atoms with Crippen molar-refractivity contribution in [3.05, 3.63) is 29.8 Å². The van der Waals surface area contributed by atoms with Gasteiger partial charge < -0.3 is 0 Å². The van der Waals surface area contributed by atoms with E-state index in [0.29, 0.717) is 28.1 Å². The number of hydrogen-bond acceptors (Lipinski definition) is 3. The molecule has 0 bridgehead atoms. The molecular weight excluding hydrogens is 272 g/mol. The number of nitrogens with one attached hydrogen (secondary N) is 1. The summed E-state index contributed by atoms with van der Waals surface area (Å²) in [5, 5.41) is 0. The zero-order chi connectivity index (χ0) is 14.3. The molecule has 1 saturated carbocycles. The van der Waals surface area contributed by atoms with Gasteiger partial charge in [0.15, 0.2) is 0 Å². The normalized spacial score (nSPS) is 33.7. The van der Waals surface area contributed by atoms with Crippen LogP contribution in [0.5, 0.6) is 0 Å². The summed E-state index contributed by atoms with van der Waals surface area (Å²) in [5.41, 5.74) is 0.706. The minimum absolute atomic E-state index is 0.211. The van der Waals surface area contributed by atoms with Gasteiger partial charge in [-0.3, -0.25) is 9.71 Å². The second kappa shape index (κ2) is 4.88. The molecule has 0 saturated heterocycles. The average molecular weight is 292 g/mol. The summed E-state index contributed by atoms with van der Waals surface area (Å²) >= 11 is 0. The van der Waals surface area contributed by atoms with E-state index in [-0.39, 0.29) is 6.04 Å². The molecule has 4 nitrogen and oxygen atoms in total. The highest BCUT2D eigenvalue weighted by molar-refractivity contribution is 7.90. The van der Waals surface area contributed by atoms with Gasteiger partial charge in [0.05, 0.1) is 10.9 Å². The van der Waals surface area contributed by atoms with Crippen LogP contribution in [-0.2, 0) is 10.0 Å². The first-order chi connectivity index (χ1) is 9.49. The van der Waals surface area contributed by atoms with Crippen LogP contribution in [0.25, 0.3) is 0 Å². The van der Waals surface area contributed by atoms with Gasteiger partial charge in [0.1, 0.15) is 5.84 Å². The van der Waals surface area contributed by atoms with E-state index >= 15 is 0 Å². The first-order valence-corrected chi connectivity index (χ1v) is 8.67. The summed E-state index contributed by atoms with van der Waals surface area (Å²) < 4.78 is 26.7. The fourth-order valence-corrected chi connectivity index (χ4v) is 4.37. The SMILES string of the molecule is C[C@H]1[C@H](C)CCC[C@@H]1N=C1NS(=O)(=O)c2ccccc21. The van der Waals surface area contributed by atoms with Gasteiger partial charge in [-0.05, 0) is 30.4 Å². The van der Waals surface area contributed by atoms with Gasteiger partial charge in [-0.25, -0.2) is 8.42 Å². The first kappa shape index (κ1) is 13.6. The van der Waals surface area contributed by atoms with Crippen LogP contribution in [0.1, 0.15) is 38.7 Å². The van der Waals surface area contributed by atoms with Gasteiger partial charge in [-0.1, -0.05) is 38.8 Å². The monoisotopic (exact) mass is 292 g/mol. The van der Waals surface area contributed by atoms with Crippen LogP contribution in [0.15, 0.2) is 34.2 Å². The van der Waals surface area contributed by atoms with E-state index in [1.54, 1.807) is 12.1 Å². The number of sulfonamides is 1. The zero-order valence-corrected chi connectivity index (χ0v) is 12.7. The van der Waals surface area contributed by atoms with E-state index in [2.05, 4.69) is 18.6 Å². The summed E-state index contributed by atoms with van der Waals surface area (Å²) in [6, 6.07) is 7.26. The third-order valence-corrected chi connectivity index (χ3v) is 6.02. The van der Waals surface area contributed by atoms with E-state index in [0.717, 1.165) is 6.42 Å². The van der Waals surface area contributed by atoms with Crippen molar-refractivity contribution in [1.82, 2.24) is 4.72 Å². The van der Waals surface area contributed by atoms with Gasteiger partial charge in [0.25, 0.3) is 10.0 Å². The van der Waals surface area contributed by atoms with Crippen LogP contribution in [0.3, 0.4) is 0 Å². The van der Waals surface area contributed by atoms with Crippen LogP contribution in [0.2, 0.25) is 0 Å². The van der Waals surface area contributed by atoms with Crippen LogP contribution in [-0.4, -0.2) is 20.3 Å². The molecule has 0 radical (unpaired) electrons. The fraction of sp³-hybridized carbons (Fsp3) is 0.533. The highest BCUT2D eigenvalue weighted by Crippen LogP contribution is 2.32. The van der Waals surface area contributed by atoms with Gasteiger partial charge in [-0.15, -0.1) is 0 Å². The number of nitrogens with zero attached hydrogens (tertiary/aromatic N) is 1. The number of hydrogen-bond donors (Lipinski definition) is 1. The largest absolute Gasteiger partial charge is 0.264 e. The van der Waals surface area contributed by atoms with Crippen molar-refractivity contribution >= 4 is 15.9 Å². The van der Waals surface area contributed by atoms with Crippen molar-refractivity contribution in [2.24, 2.45) is 16.8 Å². The maximum Gasteiger partial charge on any atom is 0.263 e. The Morgan fingerprint density at radius 2 is 1.95 bits per heavy atom. The number of benzene rings is 1. The summed E-state index contributed by atoms with van der Waals surface area (Å²) in [5.74, 6) is 1.66. The maximum atomic E-state index is 12.1. The van der Waals surface area contributed by atoms with Crippen molar-refractivity contribution in [2.45, 2.75) is 44.0 Å². The molecule has 1 aromatic carbocycles. The summed E-state index contributed by atoms with van der Waals surface area (Å²) in [6.45, 7) is 4.47. The van der Waals surface area contributed by atoms with Gasteiger partial charge in [0.2, 0.25) is 0 Å². The Morgan fingerprint density at radius 1 is 1.20 bits per heavy atom. The van der Waals surface area contributed by atoms with Crippen molar-refractivity contribution < 1.29 is 8.42 Å². The van der Waals surface area contributed by atoms with E-state index in [1.807, 2.05) is 12.1 Å². The molecule has 1 heterocycles. The molecule has 3 atom stereocenters. The molecule has 0 amide bonds. The Kier molecular flexibility index (Phi) is 3.32. The lowest BCUT2D eigenvalue weighted by Crippen LogP contribution is -2.31. The molecule has 3 rings (SSSR count). The third-order valence-electron chi connectivity index (χ3n) is 4.62. The second-order valence-electron chi connectivity index (χ2n) is 5.91. The Balaban J connectivity index is 1.98. The Labute approximate surface area is 120 Å². The molecule has 0 aromatic heterocycles. The van der Waals surface area contributed by atoms with Gasteiger partial charge in [-0.2, -0.15) is 0 Å². The third kappa shape index (κ3) is 2.24. The van der Waals surface area contributed by atoms with Crippen molar-refractivity contribution in [3.63, 3.8) is 0 Å². The summed E-state index contributed by atoms with van der Waals surface area (Å²) in [6.07, 6.45) is 3.45. The zero-order valence-electron chi connectivity index (χ0n) is 11.8. The van der Waals surface area contributed by atoms with Crippen molar-refractivity contribution in [1.29, 1.82) is 0 Å². The first-order valence-electron chi connectivity index (χ1n) is 7.19. The molecule has 1 aliphatic carbocycles. The number of fused-ring (bicyclic) bond motifs is 1. The Hall–Kier alpha value is -1.36. The topological polar surface area (TPSA) is 58.5 Å². The maximum absolute atomic E-state index is 12.1. The molecule has 1 aromatic rings. The van der Waals surface area contributed by atoms with Gasteiger partial charge >= 0.3 is 0 Å². The molecular formula is C15H20N2O2S. The predicted molar refractivity (Wildman–Crippen MR) is 79.3 cm³/mol. The molecule has 0 spiro atoms. The molecule has 20 heavy (non-hydrogen) atoms. The standard InChI is InChI=1S/C15H20N2O2S/c1-10-6-5-8-13(11(10)2)16-15-12-7-3-4-9-14(12)20(18,19)17-15/h3-4,7,9-11,13H,5-6,8H2,1-2H3,(H,16,17)/t10-,11+,13+/m1/s1. The number of amidine groups is 1. The second-order valence-corrected chi connectivity index (χ2v) is 7.56. The fourth-order valence-electron chi connectivity index (χ4n) is 3.13. The van der Waals surface area contributed by atoms with E-state index in [9.17, 15) is 8.42 Å². The summed E-state index contributed by atoms with van der Waals surface area (Å²) in [4.78, 5) is 5.07. The lowest BCUT2D eigenvalue weighted by atomic mass is 9.78. The van der Waals surface area contributed by atoms with E-state index < -0.39 is 10.0 Å². The summed E-state index contributed by atoms with van der Waals surface area (Å²) in [7, 11) is -3.42. The minimum Gasteiger partial charge on any atom is -0.264 e. The highest BCUT2D eigenvalue weighted by atomic mass is 32.2. The molecule has 108 valence electrons. The molecule has 1 N–H and O–H groups in total.